The topological polar surface area (TPSA) is 78.6 Å². The van der Waals surface area contributed by atoms with Crippen LogP contribution < -0.4 is 5.59 Å². The molecule has 0 spiro atoms. The predicted molar refractivity (Wildman–Crippen MR) is 24.9 cm³/mol. The minimum Gasteiger partial charge on any atom is -0.288 e. The fraction of sp³-hybridized carbons (Fsp3) is 0.667. The number of hydrazine groups is 1. The van der Waals surface area contributed by atoms with Crippen LogP contribution in [0.2, 0.25) is 0 Å². The summed E-state index contributed by atoms with van der Waals surface area (Å²) >= 11 is 0. The number of carbonyl (C=O) groups is 1. The Kier molecular flexibility index (Phi) is 3.11. The minimum atomic E-state index is -0.701. The van der Waals surface area contributed by atoms with Crippen LogP contribution in [0.4, 0.5) is 0 Å². The molecule has 0 amide bonds. The Morgan fingerprint density at radius 1 is 1.89 bits per heavy atom. The molecule has 2 N–H and O–H groups in total. The summed E-state index contributed by atoms with van der Waals surface area (Å²) in [6, 6.07) is 0. The first-order chi connectivity index (χ1) is 4.16. The highest BCUT2D eigenvalue weighted by Gasteiger charge is 2.04. The molecular weight excluding hydrogens is 128 g/mol. The predicted octanol–water partition coefficient (Wildman–Crippen LogP) is -0.473. The molecule has 0 saturated carbocycles. The molecule has 0 aromatic carbocycles. The third-order valence-corrected chi connectivity index (χ3v) is 0.526. The van der Waals surface area contributed by atoms with Gasteiger partial charge in [-0.15, -0.1) is 0 Å². The lowest BCUT2D eigenvalue weighted by Crippen LogP contribution is -2.26. The van der Waals surface area contributed by atoms with Crippen molar-refractivity contribution in [2.24, 2.45) is 0 Å². The third kappa shape index (κ3) is 4.52. The normalized spacial score (nSPS) is 8.11. The molecule has 0 aromatic rings. The fourth-order valence-electron chi connectivity index (χ4n) is 0.162. The lowest BCUT2D eigenvalue weighted by Gasteiger charge is -1.89. The fourth-order valence-corrected chi connectivity index (χ4v) is 0.162. The van der Waals surface area contributed by atoms with Gasteiger partial charge in [-0.05, 0) is 0 Å². The molecule has 0 fully saturated rings. The van der Waals surface area contributed by atoms with E-state index in [4.69, 9.17) is 5.21 Å². The Morgan fingerprint density at radius 2 is 2.44 bits per heavy atom. The van der Waals surface area contributed by atoms with Crippen molar-refractivity contribution in [1.29, 1.82) is 0 Å². The van der Waals surface area contributed by atoms with Crippen molar-refractivity contribution in [2.75, 3.05) is 0 Å². The van der Waals surface area contributed by atoms with E-state index in [0.717, 1.165) is 0 Å². The van der Waals surface area contributed by atoms with Crippen molar-refractivity contribution < 1.29 is 19.9 Å². The summed E-state index contributed by atoms with van der Waals surface area (Å²) in [6.07, 6.45) is 0.140. The van der Waals surface area contributed by atoms with Crippen molar-refractivity contribution >= 4 is 5.97 Å². The molecule has 0 atom stereocenters. The molecule has 0 aliphatic heterocycles. The van der Waals surface area contributed by atoms with Crippen LogP contribution in [-0.4, -0.2) is 16.2 Å². The van der Waals surface area contributed by atoms with Crippen LogP contribution in [0.1, 0.15) is 13.3 Å². The lowest BCUT2D eigenvalue weighted by molar-refractivity contribution is -0.858. The van der Waals surface area contributed by atoms with Crippen molar-refractivity contribution in [3.63, 3.8) is 0 Å². The molecule has 0 unspecified atom stereocenters. The van der Waals surface area contributed by atoms with Crippen LogP contribution in [0, 0.1) is 4.91 Å². The molecule has 0 bridgehead atoms. The molecule has 9 heavy (non-hydrogen) atoms. The Balaban J connectivity index is 3.28. The van der Waals surface area contributed by atoms with Gasteiger partial charge in [-0.25, -0.2) is 10.0 Å². The molecule has 0 aromatic heterocycles. The molecule has 52 valence electrons. The molecule has 0 aliphatic rings. The van der Waals surface area contributed by atoms with E-state index in [9.17, 15) is 9.70 Å². The molecule has 0 heterocycles. The zero-order chi connectivity index (χ0) is 7.28. The highest BCUT2D eigenvalue weighted by molar-refractivity contribution is 5.68. The molecule has 0 radical (unpaired) electrons. The van der Waals surface area contributed by atoms with Gasteiger partial charge in [0.2, 0.25) is 0 Å². The minimum absolute atomic E-state index is 0.140. The van der Waals surface area contributed by atoms with E-state index in [2.05, 4.69) is 4.84 Å². The quantitative estimate of drug-likeness (QED) is 0.511. The zero-order valence-corrected chi connectivity index (χ0v) is 4.83. The van der Waals surface area contributed by atoms with E-state index >= 15 is 0 Å². The van der Waals surface area contributed by atoms with Gasteiger partial charge in [0.15, 0.2) is 0 Å². The Morgan fingerprint density at radius 3 is 2.78 bits per heavy atom. The molecule has 0 saturated heterocycles. The molecule has 0 rings (SSSR count). The van der Waals surface area contributed by atoms with Crippen LogP contribution in [-0.2, 0) is 9.63 Å². The first kappa shape index (κ1) is 7.67. The monoisotopic (exact) mass is 135 g/mol. The Bertz CT molecular complexity index is 123. The maximum Gasteiger partial charge on any atom is 0.390 e. The van der Waals surface area contributed by atoms with Crippen LogP contribution in [0.15, 0.2) is 0 Å². The maximum absolute atomic E-state index is 10.2. The van der Waals surface area contributed by atoms with E-state index in [0.29, 0.717) is 0 Å². The Hall–Kier alpha value is -1.33. The summed E-state index contributed by atoms with van der Waals surface area (Å²) in [5.74, 6) is -0.620. The second kappa shape index (κ2) is 3.65. The molecule has 6 heteroatoms. The smallest absolute Gasteiger partial charge is 0.288 e. The average molecular weight is 135 g/mol. The van der Waals surface area contributed by atoms with Gasteiger partial charge >= 0.3 is 11.0 Å². The van der Waals surface area contributed by atoms with Gasteiger partial charge in [-0.3, -0.25) is 4.84 Å². The highest BCUT2D eigenvalue weighted by atomic mass is 16.8. The van der Waals surface area contributed by atoms with Crippen LogP contribution >= 0.6 is 0 Å². The van der Waals surface area contributed by atoms with Crippen molar-refractivity contribution in [3.8, 4) is 0 Å². The number of rotatable bonds is 3. The van der Waals surface area contributed by atoms with E-state index < -0.39 is 11.0 Å². The van der Waals surface area contributed by atoms with Gasteiger partial charge in [-0.1, -0.05) is 6.92 Å². The maximum atomic E-state index is 10.2. The number of hydrogen-bond donors (Lipinski definition) is 2. The van der Waals surface area contributed by atoms with Crippen molar-refractivity contribution in [1.82, 2.24) is 5.59 Å². The van der Waals surface area contributed by atoms with E-state index in [1.54, 1.807) is 6.92 Å². The summed E-state index contributed by atoms with van der Waals surface area (Å²) in [7, 11) is 0. The lowest BCUT2D eigenvalue weighted by atomic mass is 10.5. The summed E-state index contributed by atoms with van der Waals surface area (Å²) in [5.41, 5.74) is 1.38. The van der Waals surface area contributed by atoms with E-state index in [1.165, 1.54) is 5.59 Å². The SMILES string of the molecule is CCC(=O)ON[N+](=O)O. The summed E-state index contributed by atoms with van der Waals surface area (Å²) in [6.45, 7) is 1.55. The molecular formula is C3H7N2O4+. The summed E-state index contributed by atoms with van der Waals surface area (Å²) in [5, 5.41) is 7.09. The summed E-state index contributed by atoms with van der Waals surface area (Å²) in [4.78, 5) is 23.6. The number of nitrogens with one attached hydrogen (secondary N) is 1. The Labute approximate surface area is 50.9 Å². The highest BCUT2D eigenvalue weighted by Crippen LogP contribution is 1.77. The van der Waals surface area contributed by atoms with E-state index in [-0.39, 0.29) is 6.42 Å². The van der Waals surface area contributed by atoms with Gasteiger partial charge in [0.1, 0.15) is 4.91 Å². The largest absolute Gasteiger partial charge is 0.390 e. The van der Waals surface area contributed by atoms with E-state index in [1.807, 2.05) is 0 Å². The molecule has 6 nitrogen and oxygen atoms in total. The van der Waals surface area contributed by atoms with Crippen molar-refractivity contribution in [2.45, 2.75) is 13.3 Å². The van der Waals surface area contributed by atoms with Gasteiger partial charge in [-0.2, -0.15) is 0 Å². The average Bonchev–Trinajstić information content (AvgIpc) is 1.83. The second-order valence-corrected chi connectivity index (χ2v) is 1.19. The number of carbonyl (C=O) groups excluding carboxylic acids is 1. The molecule has 0 aliphatic carbocycles. The van der Waals surface area contributed by atoms with Gasteiger partial charge in [0.05, 0.1) is 5.59 Å². The van der Waals surface area contributed by atoms with Crippen LogP contribution in [0.25, 0.3) is 0 Å². The first-order valence-corrected chi connectivity index (χ1v) is 2.28. The standard InChI is InChI=1S/C3H7N2O4/c1-2-3(6)9-4-5(7)8/h4H,2H2,1H3,(H,7,8)/q+1. The van der Waals surface area contributed by atoms with Crippen molar-refractivity contribution in [3.05, 3.63) is 4.91 Å². The van der Waals surface area contributed by atoms with Crippen LogP contribution in [0.5, 0.6) is 0 Å². The first-order valence-electron chi connectivity index (χ1n) is 2.28. The third-order valence-electron chi connectivity index (χ3n) is 0.526. The zero-order valence-electron chi connectivity index (χ0n) is 4.83. The number of hydrogen-bond acceptors (Lipinski definition) is 3. The number of nitrogens with zero attached hydrogens (tertiary/aromatic N) is 1. The summed E-state index contributed by atoms with van der Waals surface area (Å²) < 4.78 is 0. The van der Waals surface area contributed by atoms with Gasteiger partial charge in [0.25, 0.3) is 0 Å². The van der Waals surface area contributed by atoms with Gasteiger partial charge < -0.3 is 0 Å². The van der Waals surface area contributed by atoms with Gasteiger partial charge in [0, 0.05) is 6.42 Å². The second-order valence-electron chi connectivity index (χ2n) is 1.19. The van der Waals surface area contributed by atoms with Crippen LogP contribution in [0.3, 0.4) is 0 Å².